The molecule has 4 rings (SSSR count). The summed E-state index contributed by atoms with van der Waals surface area (Å²) >= 11 is 3.35. The highest BCUT2D eigenvalue weighted by atomic mass is 79.9. The third-order valence-corrected chi connectivity index (χ3v) is 4.83. The van der Waals surface area contributed by atoms with E-state index in [9.17, 15) is 9.59 Å². The van der Waals surface area contributed by atoms with E-state index in [4.69, 9.17) is 9.26 Å². The Balaban J connectivity index is 1.35. The smallest absolute Gasteiger partial charge is 0.307 e. The maximum atomic E-state index is 12.5. The lowest BCUT2D eigenvalue weighted by atomic mass is 10.2. The predicted octanol–water partition coefficient (Wildman–Crippen LogP) is 3.95. The summed E-state index contributed by atoms with van der Waals surface area (Å²) in [6, 6.07) is 16.6. The Morgan fingerprint density at radius 3 is 2.79 bits per heavy atom. The molecule has 0 amide bonds. The molecule has 0 spiro atoms. The highest BCUT2D eigenvalue weighted by Gasteiger charge is 2.11. The molecular formula is C21H16BrN3O4. The summed E-state index contributed by atoms with van der Waals surface area (Å²) < 4.78 is 12.7. The van der Waals surface area contributed by atoms with Crippen LogP contribution >= 0.6 is 15.9 Å². The second-order valence-corrected chi connectivity index (χ2v) is 7.28. The summed E-state index contributed by atoms with van der Waals surface area (Å²) in [5.41, 5.74) is 1.82. The molecule has 0 radical (unpaired) electrons. The van der Waals surface area contributed by atoms with Gasteiger partial charge in [-0.05, 0) is 18.2 Å². The average Bonchev–Trinajstić information content (AvgIpc) is 3.22. The fourth-order valence-corrected chi connectivity index (χ4v) is 3.21. The normalized spacial score (nSPS) is 10.9. The first-order valence-electron chi connectivity index (χ1n) is 8.91. The van der Waals surface area contributed by atoms with E-state index >= 15 is 0 Å². The van der Waals surface area contributed by atoms with E-state index < -0.39 is 5.97 Å². The number of rotatable bonds is 6. The molecule has 8 heteroatoms. The molecule has 2 aromatic heterocycles. The van der Waals surface area contributed by atoms with Gasteiger partial charge in [0.05, 0.1) is 23.7 Å². The summed E-state index contributed by atoms with van der Waals surface area (Å²) in [5, 5.41) is 4.41. The van der Waals surface area contributed by atoms with E-state index in [1.807, 2.05) is 36.4 Å². The van der Waals surface area contributed by atoms with Gasteiger partial charge >= 0.3 is 5.97 Å². The first-order chi connectivity index (χ1) is 14.1. The van der Waals surface area contributed by atoms with Crippen molar-refractivity contribution in [1.29, 1.82) is 0 Å². The number of aryl methyl sites for hydroxylation is 1. The van der Waals surface area contributed by atoms with Crippen LogP contribution in [0.25, 0.3) is 22.2 Å². The zero-order valence-corrected chi connectivity index (χ0v) is 16.8. The van der Waals surface area contributed by atoms with Crippen LogP contribution in [0.15, 0.2) is 74.7 Å². The highest BCUT2D eigenvalue weighted by molar-refractivity contribution is 9.10. The molecule has 0 aliphatic heterocycles. The largest absolute Gasteiger partial charge is 0.459 e. The number of carbonyl (C=O) groups excluding carboxylic acids is 1. The maximum Gasteiger partial charge on any atom is 0.307 e. The number of hydrogen-bond donors (Lipinski definition) is 0. The number of halogens is 1. The minimum Gasteiger partial charge on any atom is -0.459 e. The molecule has 2 heterocycles. The summed E-state index contributed by atoms with van der Waals surface area (Å²) in [4.78, 5) is 28.9. The third kappa shape index (κ3) is 4.43. The number of nitrogens with zero attached hydrogens (tertiary/aromatic N) is 3. The standard InChI is InChI=1S/C21H16BrN3O4/c22-15-6-7-18-17(10-15)21(27)25(13-23-18)9-8-20(26)28-12-16-11-19(29-24-16)14-4-2-1-3-5-14/h1-7,10-11,13H,8-9,12H2. The molecule has 4 aromatic rings. The lowest BCUT2D eigenvalue weighted by Crippen LogP contribution is -2.22. The number of carbonyl (C=O) groups is 1. The topological polar surface area (TPSA) is 87.2 Å². The highest BCUT2D eigenvalue weighted by Crippen LogP contribution is 2.20. The lowest BCUT2D eigenvalue weighted by molar-refractivity contribution is -0.145. The van der Waals surface area contributed by atoms with Crippen molar-refractivity contribution in [1.82, 2.24) is 14.7 Å². The van der Waals surface area contributed by atoms with Gasteiger partial charge in [-0.3, -0.25) is 14.2 Å². The van der Waals surface area contributed by atoms with Crippen LogP contribution in [-0.2, 0) is 22.7 Å². The first-order valence-corrected chi connectivity index (χ1v) is 9.71. The van der Waals surface area contributed by atoms with Gasteiger partial charge in [-0.2, -0.15) is 0 Å². The van der Waals surface area contributed by atoms with Gasteiger partial charge in [0.15, 0.2) is 5.76 Å². The van der Waals surface area contributed by atoms with E-state index in [0.29, 0.717) is 22.4 Å². The van der Waals surface area contributed by atoms with Gasteiger partial charge in [0.25, 0.3) is 5.56 Å². The van der Waals surface area contributed by atoms with E-state index in [1.165, 1.54) is 10.9 Å². The molecule has 146 valence electrons. The Morgan fingerprint density at radius 2 is 1.97 bits per heavy atom. The van der Waals surface area contributed by atoms with Crippen LogP contribution in [0.5, 0.6) is 0 Å². The summed E-state index contributed by atoms with van der Waals surface area (Å²) in [6.07, 6.45) is 1.49. The molecular weight excluding hydrogens is 438 g/mol. The van der Waals surface area contributed by atoms with Gasteiger partial charge in [-0.25, -0.2) is 4.98 Å². The summed E-state index contributed by atoms with van der Waals surface area (Å²) in [5.74, 6) is 0.173. The summed E-state index contributed by atoms with van der Waals surface area (Å²) in [7, 11) is 0. The van der Waals surface area contributed by atoms with E-state index in [1.54, 1.807) is 18.2 Å². The molecule has 0 fully saturated rings. The Morgan fingerprint density at radius 1 is 1.14 bits per heavy atom. The zero-order valence-electron chi connectivity index (χ0n) is 15.2. The molecule has 7 nitrogen and oxygen atoms in total. The van der Waals surface area contributed by atoms with Crippen molar-refractivity contribution in [3.05, 3.63) is 81.4 Å². The molecule has 0 bridgehead atoms. The Kier molecular flexibility index (Phi) is 5.53. The Labute approximate surface area is 174 Å². The van der Waals surface area contributed by atoms with Gasteiger partial charge in [0.2, 0.25) is 0 Å². The SMILES string of the molecule is O=C(CCn1cnc2ccc(Br)cc2c1=O)OCc1cc(-c2ccccc2)on1. The fraction of sp³-hybridized carbons (Fsp3) is 0.143. The molecule has 0 aliphatic rings. The average molecular weight is 454 g/mol. The van der Waals surface area contributed by atoms with Crippen molar-refractivity contribution in [2.75, 3.05) is 0 Å². The first kappa shape index (κ1) is 19.1. The van der Waals surface area contributed by atoms with Crippen LogP contribution in [0.1, 0.15) is 12.1 Å². The number of hydrogen-bond acceptors (Lipinski definition) is 6. The fourth-order valence-electron chi connectivity index (χ4n) is 2.85. The molecule has 29 heavy (non-hydrogen) atoms. The van der Waals surface area contributed by atoms with Gasteiger partial charge < -0.3 is 9.26 Å². The van der Waals surface area contributed by atoms with Crippen molar-refractivity contribution in [3.63, 3.8) is 0 Å². The maximum absolute atomic E-state index is 12.5. The quantitative estimate of drug-likeness (QED) is 0.410. The van der Waals surface area contributed by atoms with Crippen LogP contribution in [-0.4, -0.2) is 20.7 Å². The molecule has 0 N–H and O–H groups in total. The Bertz CT molecular complexity index is 1220. The van der Waals surface area contributed by atoms with Gasteiger partial charge in [0.1, 0.15) is 12.3 Å². The number of esters is 1. The lowest BCUT2D eigenvalue weighted by Gasteiger charge is -2.07. The summed E-state index contributed by atoms with van der Waals surface area (Å²) in [6.45, 7) is 0.189. The van der Waals surface area contributed by atoms with Crippen molar-refractivity contribution in [2.24, 2.45) is 0 Å². The van der Waals surface area contributed by atoms with Crippen LogP contribution < -0.4 is 5.56 Å². The van der Waals surface area contributed by atoms with E-state index in [2.05, 4.69) is 26.1 Å². The van der Waals surface area contributed by atoms with Crippen LogP contribution in [0.4, 0.5) is 0 Å². The van der Waals surface area contributed by atoms with E-state index in [-0.39, 0.29) is 25.1 Å². The van der Waals surface area contributed by atoms with Gasteiger partial charge in [-0.15, -0.1) is 0 Å². The number of ether oxygens (including phenoxy) is 1. The van der Waals surface area contributed by atoms with E-state index in [0.717, 1.165) is 10.0 Å². The molecule has 0 atom stereocenters. The van der Waals surface area contributed by atoms with Crippen LogP contribution in [0.3, 0.4) is 0 Å². The zero-order chi connectivity index (χ0) is 20.2. The molecule has 0 saturated heterocycles. The molecule has 0 unspecified atom stereocenters. The predicted molar refractivity (Wildman–Crippen MR) is 110 cm³/mol. The molecule has 0 aliphatic carbocycles. The molecule has 0 saturated carbocycles. The van der Waals surface area contributed by atoms with Crippen molar-refractivity contribution in [2.45, 2.75) is 19.6 Å². The molecule has 2 aromatic carbocycles. The second-order valence-electron chi connectivity index (χ2n) is 6.36. The van der Waals surface area contributed by atoms with Crippen molar-refractivity contribution >= 4 is 32.8 Å². The number of fused-ring (bicyclic) bond motifs is 1. The van der Waals surface area contributed by atoms with Gasteiger partial charge in [0, 0.05) is 22.6 Å². The Hall–Kier alpha value is -3.26. The minimum absolute atomic E-state index is 0.00693. The van der Waals surface area contributed by atoms with Crippen molar-refractivity contribution < 1.29 is 14.1 Å². The second kappa shape index (κ2) is 8.40. The minimum atomic E-state index is -0.435. The monoisotopic (exact) mass is 453 g/mol. The third-order valence-electron chi connectivity index (χ3n) is 4.34. The van der Waals surface area contributed by atoms with Crippen LogP contribution in [0, 0.1) is 0 Å². The number of benzene rings is 2. The van der Waals surface area contributed by atoms with Gasteiger partial charge in [-0.1, -0.05) is 51.4 Å². The number of aromatic nitrogens is 3. The van der Waals surface area contributed by atoms with Crippen molar-refractivity contribution in [3.8, 4) is 11.3 Å². The van der Waals surface area contributed by atoms with Crippen LogP contribution in [0.2, 0.25) is 0 Å².